The highest BCUT2D eigenvalue weighted by Crippen LogP contribution is 2.30. The van der Waals surface area contributed by atoms with Gasteiger partial charge in [0.1, 0.15) is 17.8 Å². The molecule has 4 N–H and O–H groups in total. The van der Waals surface area contributed by atoms with Gasteiger partial charge in [-0.2, -0.15) is 0 Å². The van der Waals surface area contributed by atoms with E-state index in [4.69, 9.17) is 10.5 Å². The Morgan fingerprint density at radius 2 is 1.96 bits per heavy atom. The van der Waals surface area contributed by atoms with Gasteiger partial charge in [-0.3, -0.25) is 14.5 Å². The minimum absolute atomic E-state index is 0.0000109. The molecular weight excluding hydrogens is 360 g/mol. The molecular formula is C20H28N4O4. The average Bonchev–Trinajstić information content (AvgIpc) is 2.92. The molecule has 3 unspecified atom stereocenters. The van der Waals surface area contributed by atoms with E-state index in [1.807, 2.05) is 0 Å². The van der Waals surface area contributed by atoms with Gasteiger partial charge in [0.15, 0.2) is 0 Å². The largest absolute Gasteiger partial charge is 0.497 e. The molecule has 1 saturated carbocycles. The SMILES string of the molecule is COc1ccc(C2(C)NC(=O)N(CC(=O)NC3CCCCC3CN)C2=O)cc1. The number of nitrogens with zero attached hydrogens (tertiary/aromatic N) is 1. The maximum Gasteiger partial charge on any atom is 0.325 e. The van der Waals surface area contributed by atoms with E-state index in [1.54, 1.807) is 38.3 Å². The summed E-state index contributed by atoms with van der Waals surface area (Å²) < 4.78 is 5.13. The number of carbonyl (C=O) groups excluding carboxylic acids is 3. The molecule has 0 radical (unpaired) electrons. The topological polar surface area (TPSA) is 114 Å². The zero-order chi connectivity index (χ0) is 20.3. The van der Waals surface area contributed by atoms with Crippen molar-refractivity contribution in [1.82, 2.24) is 15.5 Å². The van der Waals surface area contributed by atoms with Crippen LogP contribution in [0, 0.1) is 5.92 Å². The fraction of sp³-hybridized carbons (Fsp3) is 0.550. The first-order chi connectivity index (χ1) is 13.4. The number of methoxy groups -OCH3 is 1. The van der Waals surface area contributed by atoms with Crippen molar-refractivity contribution in [2.45, 2.75) is 44.2 Å². The predicted octanol–water partition coefficient (Wildman–Crippen LogP) is 1.10. The molecule has 0 aromatic heterocycles. The normalized spacial score (nSPS) is 27.5. The minimum atomic E-state index is -1.21. The van der Waals surface area contributed by atoms with Crippen LogP contribution in [-0.4, -0.2) is 49.0 Å². The summed E-state index contributed by atoms with van der Waals surface area (Å²) in [6.07, 6.45) is 4.01. The van der Waals surface area contributed by atoms with Gasteiger partial charge in [-0.25, -0.2) is 4.79 Å². The second-order valence-electron chi connectivity index (χ2n) is 7.63. The number of nitrogens with two attached hydrogens (primary N) is 1. The Morgan fingerprint density at radius 1 is 1.29 bits per heavy atom. The number of rotatable bonds is 6. The molecule has 1 aliphatic heterocycles. The maximum absolute atomic E-state index is 13.0. The van der Waals surface area contributed by atoms with Crippen molar-refractivity contribution in [3.63, 3.8) is 0 Å². The Balaban J connectivity index is 1.68. The molecule has 3 atom stereocenters. The van der Waals surface area contributed by atoms with Gasteiger partial charge in [0.05, 0.1) is 7.11 Å². The Hall–Kier alpha value is -2.61. The first-order valence-electron chi connectivity index (χ1n) is 9.67. The summed E-state index contributed by atoms with van der Waals surface area (Å²) in [4.78, 5) is 38.8. The summed E-state index contributed by atoms with van der Waals surface area (Å²) in [5, 5.41) is 5.67. The van der Waals surface area contributed by atoms with E-state index < -0.39 is 17.5 Å². The number of ether oxygens (including phenoxy) is 1. The fourth-order valence-electron chi connectivity index (χ4n) is 4.04. The van der Waals surface area contributed by atoms with Crippen LogP contribution in [0.3, 0.4) is 0 Å². The van der Waals surface area contributed by atoms with Crippen LogP contribution < -0.4 is 21.1 Å². The van der Waals surface area contributed by atoms with E-state index in [2.05, 4.69) is 10.6 Å². The van der Waals surface area contributed by atoms with E-state index in [0.29, 0.717) is 17.9 Å². The number of carbonyl (C=O) groups is 3. The van der Waals surface area contributed by atoms with Gasteiger partial charge < -0.3 is 21.1 Å². The summed E-state index contributed by atoms with van der Waals surface area (Å²) >= 11 is 0. The maximum atomic E-state index is 13.0. The van der Waals surface area contributed by atoms with E-state index in [9.17, 15) is 14.4 Å². The highest BCUT2D eigenvalue weighted by Gasteiger charge is 2.49. The predicted molar refractivity (Wildman–Crippen MR) is 104 cm³/mol. The van der Waals surface area contributed by atoms with Crippen LogP contribution in [0.1, 0.15) is 38.2 Å². The van der Waals surface area contributed by atoms with Gasteiger partial charge >= 0.3 is 6.03 Å². The van der Waals surface area contributed by atoms with E-state index >= 15 is 0 Å². The van der Waals surface area contributed by atoms with Crippen molar-refractivity contribution < 1.29 is 19.1 Å². The van der Waals surface area contributed by atoms with Crippen LogP contribution in [0.5, 0.6) is 5.75 Å². The molecule has 0 spiro atoms. The van der Waals surface area contributed by atoms with Crippen LogP contribution in [0.2, 0.25) is 0 Å². The molecule has 0 bridgehead atoms. The molecule has 3 rings (SSSR count). The summed E-state index contributed by atoms with van der Waals surface area (Å²) in [6.45, 7) is 1.85. The number of hydrogen-bond donors (Lipinski definition) is 3. The second kappa shape index (κ2) is 8.18. The molecule has 8 nitrogen and oxygen atoms in total. The number of imide groups is 1. The number of urea groups is 1. The third-order valence-corrected chi connectivity index (χ3v) is 5.80. The van der Waals surface area contributed by atoms with Crippen LogP contribution in [0.25, 0.3) is 0 Å². The number of hydrogen-bond acceptors (Lipinski definition) is 5. The summed E-state index contributed by atoms with van der Waals surface area (Å²) in [5.74, 6) is 0.109. The quantitative estimate of drug-likeness (QED) is 0.632. The van der Waals surface area contributed by atoms with Crippen LogP contribution in [0.4, 0.5) is 4.79 Å². The van der Waals surface area contributed by atoms with E-state index in [-0.39, 0.29) is 24.4 Å². The lowest BCUT2D eigenvalue weighted by Gasteiger charge is -2.31. The zero-order valence-corrected chi connectivity index (χ0v) is 16.4. The lowest BCUT2D eigenvalue weighted by atomic mass is 9.84. The lowest BCUT2D eigenvalue weighted by Crippen LogP contribution is -2.49. The molecule has 152 valence electrons. The number of nitrogens with one attached hydrogen (secondary N) is 2. The summed E-state index contributed by atoms with van der Waals surface area (Å²) in [5.41, 5.74) is 5.22. The molecule has 1 saturated heterocycles. The smallest absolute Gasteiger partial charge is 0.325 e. The monoisotopic (exact) mass is 388 g/mol. The third kappa shape index (κ3) is 3.82. The highest BCUT2D eigenvalue weighted by atomic mass is 16.5. The first kappa shape index (κ1) is 20.1. The zero-order valence-electron chi connectivity index (χ0n) is 16.4. The molecule has 28 heavy (non-hydrogen) atoms. The van der Waals surface area contributed by atoms with Gasteiger partial charge in [0.2, 0.25) is 5.91 Å². The molecule has 1 heterocycles. The van der Waals surface area contributed by atoms with Crippen molar-refractivity contribution in [3.8, 4) is 5.75 Å². The van der Waals surface area contributed by atoms with Crippen LogP contribution >= 0.6 is 0 Å². The van der Waals surface area contributed by atoms with Crippen LogP contribution in [0.15, 0.2) is 24.3 Å². The molecule has 1 aromatic rings. The van der Waals surface area contributed by atoms with Gasteiger partial charge in [0.25, 0.3) is 5.91 Å². The number of benzene rings is 1. The highest BCUT2D eigenvalue weighted by molar-refractivity contribution is 6.09. The Labute approximate surface area is 164 Å². The first-order valence-corrected chi connectivity index (χ1v) is 9.67. The third-order valence-electron chi connectivity index (χ3n) is 5.80. The van der Waals surface area contributed by atoms with Crippen molar-refractivity contribution in [2.24, 2.45) is 11.7 Å². The molecule has 1 aliphatic carbocycles. The van der Waals surface area contributed by atoms with E-state index in [0.717, 1.165) is 30.6 Å². The summed E-state index contributed by atoms with van der Waals surface area (Å²) in [7, 11) is 1.56. The van der Waals surface area contributed by atoms with Gasteiger partial charge in [-0.1, -0.05) is 25.0 Å². The molecule has 2 fully saturated rings. The van der Waals surface area contributed by atoms with Gasteiger partial charge in [-0.15, -0.1) is 0 Å². The van der Waals surface area contributed by atoms with E-state index in [1.165, 1.54) is 0 Å². The van der Waals surface area contributed by atoms with Gasteiger partial charge in [-0.05, 0) is 49.9 Å². The molecule has 2 aliphatic rings. The Morgan fingerprint density at radius 3 is 2.61 bits per heavy atom. The molecule has 1 aromatic carbocycles. The minimum Gasteiger partial charge on any atom is -0.497 e. The Bertz CT molecular complexity index is 751. The van der Waals surface area contributed by atoms with Crippen molar-refractivity contribution in [2.75, 3.05) is 20.2 Å². The molecule has 8 heteroatoms. The standard InChI is InChI=1S/C20H28N4O4/c1-20(14-7-9-15(28-2)10-8-14)18(26)24(19(27)23-20)12-17(25)22-16-6-4-3-5-13(16)11-21/h7-10,13,16H,3-6,11-12,21H2,1-2H3,(H,22,25)(H,23,27). The Kier molecular flexibility index (Phi) is 5.88. The van der Waals surface area contributed by atoms with Gasteiger partial charge in [0, 0.05) is 6.04 Å². The molecule has 4 amide bonds. The number of amides is 4. The lowest BCUT2D eigenvalue weighted by molar-refractivity contribution is -0.135. The van der Waals surface area contributed by atoms with Crippen LogP contribution in [-0.2, 0) is 15.1 Å². The van der Waals surface area contributed by atoms with Crippen molar-refractivity contribution in [3.05, 3.63) is 29.8 Å². The fourth-order valence-corrected chi connectivity index (χ4v) is 4.04. The second-order valence-corrected chi connectivity index (χ2v) is 7.63. The average molecular weight is 388 g/mol. The summed E-state index contributed by atoms with van der Waals surface area (Å²) in [6, 6.07) is 6.34. The van der Waals surface area contributed by atoms with Crippen molar-refractivity contribution >= 4 is 17.8 Å². The van der Waals surface area contributed by atoms with Crippen molar-refractivity contribution in [1.29, 1.82) is 0 Å².